The van der Waals surface area contributed by atoms with Gasteiger partial charge in [0.2, 0.25) is 0 Å². The summed E-state index contributed by atoms with van der Waals surface area (Å²) in [7, 11) is 1.53. The van der Waals surface area contributed by atoms with Gasteiger partial charge in [0.15, 0.2) is 10.6 Å². The van der Waals surface area contributed by atoms with Gasteiger partial charge in [-0.15, -0.1) is 0 Å². The topological polar surface area (TPSA) is 43.6 Å². The highest BCUT2D eigenvalue weighted by molar-refractivity contribution is 7.16. The second-order valence-electron chi connectivity index (χ2n) is 5.43. The Balaban J connectivity index is 2.04. The number of fused-ring (bicyclic) bond motifs is 1. The van der Waals surface area contributed by atoms with Crippen LogP contribution in [-0.4, -0.2) is 24.2 Å². The van der Waals surface area contributed by atoms with Crippen molar-refractivity contribution in [3.05, 3.63) is 64.5 Å². The molecule has 4 nitrogen and oxygen atoms in total. The Hall–Kier alpha value is -2.38. The van der Waals surface area contributed by atoms with Crippen molar-refractivity contribution in [3.8, 4) is 0 Å². The smallest absolute Gasteiger partial charge is 0.252 e. The third kappa shape index (κ3) is 4.00. The fraction of sp³-hybridized carbons (Fsp3) is 0.222. The first-order valence-corrected chi connectivity index (χ1v) is 8.49. The predicted octanol–water partition coefficient (Wildman–Crippen LogP) is 3.30. The number of methoxy groups -OCH3 is 1. The lowest BCUT2D eigenvalue weighted by Gasteiger charge is -2.05. The Morgan fingerprint density at radius 3 is 2.72 bits per heavy atom. The third-order valence-electron chi connectivity index (χ3n) is 3.63. The molecule has 0 aliphatic heterocycles. The standard InChI is InChI=1S/C18H16F2N2O2S/c1-24-8-7-22-17-14(20)10-13(19)11-15(17)25-18(22)21-16(23)9-12-5-3-2-4-6-12/h2-6,10-11H,7-9H2,1H3. The molecule has 0 saturated heterocycles. The van der Waals surface area contributed by atoms with Crippen LogP contribution in [-0.2, 0) is 22.5 Å². The first-order chi connectivity index (χ1) is 12.1. The van der Waals surface area contributed by atoms with Crippen molar-refractivity contribution in [1.29, 1.82) is 0 Å². The molecule has 0 aliphatic rings. The summed E-state index contributed by atoms with van der Waals surface area (Å²) in [6, 6.07) is 11.3. The number of hydrogen-bond donors (Lipinski definition) is 0. The molecule has 0 spiro atoms. The average Bonchev–Trinajstić information content (AvgIpc) is 2.90. The van der Waals surface area contributed by atoms with E-state index in [4.69, 9.17) is 4.74 Å². The maximum Gasteiger partial charge on any atom is 0.252 e. The Bertz CT molecular complexity index is 964. The fourth-order valence-corrected chi connectivity index (χ4v) is 3.63. The van der Waals surface area contributed by atoms with Crippen LogP contribution in [0, 0.1) is 11.6 Å². The molecule has 0 N–H and O–H groups in total. The quantitative estimate of drug-likeness (QED) is 0.699. The lowest BCUT2D eigenvalue weighted by atomic mass is 10.1. The number of halogens is 2. The maximum atomic E-state index is 14.2. The van der Waals surface area contributed by atoms with Gasteiger partial charge in [0.25, 0.3) is 5.91 Å². The van der Waals surface area contributed by atoms with E-state index in [1.54, 1.807) is 4.57 Å². The van der Waals surface area contributed by atoms with Gasteiger partial charge in [0.05, 0.1) is 23.2 Å². The molecule has 3 rings (SSSR count). The number of hydrogen-bond acceptors (Lipinski definition) is 3. The minimum absolute atomic E-state index is 0.149. The lowest BCUT2D eigenvalue weighted by Crippen LogP contribution is -2.20. The van der Waals surface area contributed by atoms with Gasteiger partial charge < -0.3 is 9.30 Å². The average molecular weight is 362 g/mol. The van der Waals surface area contributed by atoms with E-state index in [2.05, 4.69) is 4.99 Å². The van der Waals surface area contributed by atoms with E-state index in [0.717, 1.165) is 23.0 Å². The molecule has 0 radical (unpaired) electrons. The number of carbonyl (C=O) groups is 1. The van der Waals surface area contributed by atoms with Crippen molar-refractivity contribution in [2.24, 2.45) is 4.99 Å². The molecule has 0 bridgehead atoms. The third-order valence-corrected chi connectivity index (χ3v) is 4.66. The molecular formula is C18H16F2N2O2S. The normalized spacial score (nSPS) is 12.0. The van der Waals surface area contributed by atoms with Crippen LogP contribution in [0.2, 0.25) is 0 Å². The zero-order chi connectivity index (χ0) is 17.8. The van der Waals surface area contributed by atoms with E-state index in [-0.39, 0.29) is 17.8 Å². The number of benzene rings is 2. The summed E-state index contributed by atoms with van der Waals surface area (Å²) in [5.41, 5.74) is 1.08. The number of carbonyl (C=O) groups excluding carboxylic acids is 1. The summed E-state index contributed by atoms with van der Waals surface area (Å²) in [4.78, 5) is 16.7. The van der Waals surface area contributed by atoms with Gasteiger partial charge in [-0.2, -0.15) is 4.99 Å². The van der Waals surface area contributed by atoms with Gasteiger partial charge in [-0.25, -0.2) is 8.78 Å². The van der Waals surface area contributed by atoms with Crippen molar-refractivity contribution in [3.63, 3.8) is 0 Å². The number of amides is 1. The van der Waals surface area contributed by atoms with Crippen molar-refractivity contribution in [2.75, 3.05) is 13.7 Å². The molecule has 1 heterocycles. The number of thiazole rings is 1. The molecule has 1 aromatic heterocycles. The van der Waals surface area contributed by atoms with E-state index < -0.39 is 11.6 Å². The highest BCUT2D eigenvalue weighted by atomic mass is 32.1. The Morgan fingerprint density at radius 2 is 2.00 bits per heavy atom. The zero-order valence-electron chi connectivity index (χ0n) is 13.5. The summed E-state index contributed by atoms with van der Waals surface area (Å²) in [6.45, 7) is 0.638. The van der Waals surface area contributed by atoms with E-state index in [1.165, 1.54) is 13.2 Å². The number of ether oxygens (including phenoxy) is 1. The van der Waals surface area contributed by atoms with E-state index >= 15 is 0 Å². The molecule has 0 unspecified atom stereocenters. The second-order valence-corrected chi connectivity index (χ2v) is 6.44. The Morgan fingerprint density at radius 1 is 1.24 bits per heavy atom. The Kier molecular flexibility index (Phi) is 5.35. The van der Waals surface area contributed by atoms with Crippen LogP contribution < -0.4 is 4.80 Å². The Labute approximate surface area is 147 Å². The van der Waals surface area contributed by atoms with Crippen LogP contribution in [0.15, 0.2) is 47.5 Å². The predicted molar refractivity (Wildman–Crippen MR) is 92.3 cm³/mol. The number of rotatable bonds is 5. The van der Waals surface area contributed by atoms with Crippen LogP contribution in [0.25, 0.3) is 10.2 Å². The molecule has 3 aromatic rings. The summed E-state index contributed by atoms with van der Waals surface area (Å²) < 4.78 is 34.7. The van der Waals surface area contributed by atoms with Gasteiger partial charge >= 0.3 is 0 Å². The first-order valence-electron chi connectivity index (χ1n) is 7.67. The molecule has 0 atom stereocenters. The summed E-state index contributed by atoms with van der Waals surface area (Å²) in [5, 5.41) is 0. The van der Waals surface area contributed by atoms with Crippen LogP contribution >= 0.6 is 11.3 Å². The van der Waals surface area contributed by atoms with Crippen molar-refractivity contribution < 1.29 is 18.3 Å². The minimum atomic E-state index is -0.681. The fourth-order valence-electron chi connectivity index (χ4n) is 2.52. The highest BCUT2D eigenvalue weighted by Crippen LogP contribution is 2.22. The maximum absolute atomic E-state index is 14.2. The molecular weight excluding hydrogens is 346 g/mol. The first kappa shape index (κ1) is 17.4. The zero-order valence-corrected chi connectivity index (χ0v) is 14.4. The van der Waals surface area contributed by atoms with Crippen LogP contribution in [0.1, 0.15) is 5.56 Å². The van der Waals surface area contributed by atoms with E-state index in [1.807, 2.05) is 30.3 Å². The SMILES string of the molecule is COCCn1c(=NC(=O)Cc2ccccc2)sc2cc(F)cc(F)c21. The van der Waals surface area contributed by atoms with Crippen molar-refractivity contribution in [1.82, 2.24) is 4.57 Å². The van der Waals surface area contributed by atoms with Crippen LogP contribution in [0.3, 0.4) is 0 Å². The molecule has 0 saturated carbocycles. The summed E-state index contributed by atoms with van der Waals surface area (Å²) in [6.07, 6.45) is 0.149. The van der Waals surface area contributed by atoms with E-state index in [0.29, 0.717) is 22.7 Å². The number of nitrogens with zero attached hydrogens (tertiary/aromatic N) is 2. The highest BCUT2D eigenvalue weighted by Gasteiger charge is 2.14. The molecule has 2 aromatic carbocycles. The monoisotopic (exact) mass is 362 g/mol. The summed E-state index contributed by atoms with van der Waals surface area (Å²) in [5.74, 6) is -1.68. The molecule has 7 heteroatoms. The molecule has 1 amide bonds. The van der Waals surface area contributed by atoms with Gasteiger partial charge in [-0.05, 0) is 11.6 Å². The van der Waals surface area contributed by atoms with Crippen LogP contribution in [0.4, 0.5) is 8.78 Å². The van der Waals surface area contributed by atoms with Crippen LogP contribution in [0.5, 0.6) is 0 Å². The second kappa shape index (κ2) is 7.67. The van der Waals surface area contributed by atoms with Crippen molar-refractivity contribution in [2.45, 2.75) is 13.0 Å². The van der Waals surface area contributed by atoms with Gasteiger partial charge in [0, 0.05) is 19.7 Å². The molecule has 130 valence electrons. The van der Waals surface area contributed by atoms with Gasteiger partial charge in [-0.3, -0.25) is 4.79 Å². The molecule has 0 aliphatic carbocycles. The largest absolute Gasteiger partial charge is 0.383 e. The molecule has 0 fully saturated rings. The van der Waals surface area contributed by atoms with E-state index in [9.17, 15) is 13.6 Å². The van der Waals surface area contributed by atoms with Gasteiger partial charge in [0.1, 0.15) is 5.82 Å². The van der Waals surface area contributed by atoms with Gasteiger partial charge in [-0.1, -0.05) is 41.7 Å². The summed E-state index contributed by atoms with van der Waals surface area (Å²) >= 11 is 1.08. The molecule has 25 heavy (non-hydrogen) atoms. The number of aromatic nitrogens is 1. The lowest BCUT2D eigenvalue weighted by molar-refractivity contribution is -0.117. The van der Waals surface area contributed by atoms with Crippen molar-refractivity contribution >= 4 is 27.5 Å². The minimum Gasteiger partial charge on any atom is -0.383 e.